The zero-order valence-electron chi connectivity index (χ0n) is 15.8. The van der Waals surface area contributed by atoms with Crippen molar-refractivity contribution in [3.8, 4) is 11.3 Å². The zero-order valence-corrected chi connectivity index (χ0v) is 17.4. The lowest BCUT2D eigenvalue weighted by molar-refractivity contribution is 0.0786. The van der Waals surface area contributed by atoms with Gasteiger partial charge in [-0.3, -0.25) is 15.0 Å². The van der Waals surface area contributed by atoms with Gasteiger partial charge in [0.05, 0.1) is 15.9 Å². The third-order valence-corrected chi connectivity index (χ3v) is 5.30. The van der Waals surface area contributed by atoms with Crippen LogP contribution in [-0.4, -0.2) is 44.8 Å². The number of halogens is 1. The molecule has 142 valence electrons. The molecule has 0 saturated heterocycles. The van der Waals surface area contributed by atoms with Crippen molar-refractivity contribution in [2.75, 3.05) is 13.6 Å². The van der Waals surface area contributed by atoms with Crippen LogP contribution in [-0.2, 0) is 6.42 Å². The molecule has 27 heavy (non-hydrogen) atoms. The SMILES string of the molecule is CC(C)c1[nH]nc(C(=O)N(C)CCCc2cc(-c3ccccc3)n[nH]2)c1Br. The van der Waals surface area contributed by atoms with Crippen molar-refractivity contribution < 1.29 is 4.79 Å². The van der Waals surface area contributed by atoms with Crippen molar-refractivity contribution in [3.05, 3.63) is 58.0 Å². The molecule has 0 aliphatic carbocycles. The number of rotatable bonds is 7. The van der Waals surface area contributed by atoms with Crippen molar-refractivity contribution >= 4 is 21.8 Å². The smallest absolute Gasteiger partial charge is 0.275 e. The summed E-state index contributed by atoms with van der Waals surface area (Å²) in [4.78, 5) is 14.3. The van der Waals surface area contributed by atoms with E-state index < -0.39 is 0 Å². The highest BCUT2D eigenvalue weighted by molar-refractivity contribution is 9.10. The van der Waals surface area contributed by atoms with Gasteiger partial charge in [0.25, 0.3) is 5.91 Å². The van der Waals surface area contributed by atoms with Crippen molar-refractivity contribution in [1.29, 1.82) is 0 Å². The summed E-state index contributed by atoms with van der Waals surface area (Å²) in [7, 11) is 1.81. The van der Waals surface area contributed by atoms with Gasteiger partial charge >= 0.3 is 0 Å². The summed E-state index contributed by atoms with van der Waals surface area (Å²) >= 11 is 3.50. The average molecular weight is 430 g/mol. The fraction of sp³-hybridized carbons (Fsp3) is 0.350. The normalized spacial score (nSPS) is 11.1. The molecule has 0 unspecified atom stereocenters. The first-order valence-electron chi connectivity index (χ1n) is 9.06. The molecule has 6 nitrogen and oxygen atoms in total. The maximum Gasteiger partial charge on any atom is 0.275 e. The van der Waals surface area contributed by atoms with Crippen LogP contribution in [0.1, 0.15) is 48.1 Å². The molecule has 0 fully saturated rings. The standard InChI is InChI=1S/C20H24BrN5O/c1-13(2)18-17(21)19(25-24-18)20(27)26(3)11-7-10-15-12-16(23-22-15)14-8-5-4-6-9-14/h4-6,8-9,12-13H,7,10-11H2,1-3H3,(H,22,23)(H,24,25). The monoisotopic (exact) mass is 429 g/mol. The summed E-state index contributed by atoms with van der Waals surface area (Å²) in [6.45, 7) is 4.77. The molecule has 0 saturated carbocycles. The molecule has 2 N–H and O–H groups in total. The molecule has 0 aliphatic rings. The van der Waals surface area contributed by atoms with Crippen LogP contribution in [0.3, 0.4) is 0 Å². The number of amides is 1. The van der Waals surface area contributed by atoms with E-state index in [4.69, 9.17) is 0 Å². The fourth-order valence-electron chi connectivity index (χ4n) is 2.90. The number of nitrogens with zero attached hydrogens (tertiary/aromatic N) is 3. The second-order valence-corrected chi connectivity index (χ2v) is 7.72. The van der Waals surface area contributed by atoms with Crippen LogP contribution in [0.25, 0.3) is 11.3 Å². The molecule has 3 aromatic rings. The molecule has 3 rings (SSSR count). The number of nitrogens with one attached hydrogen (secondary N) is 2. The maximum absolute atomic E-state index is 12.6. The number of hydrogen-bond donors (Lipinski definition) is 2. The molecule has 0 aliphatic heterocycles. The molecule has 7 heteroatoms. The Morgan fingerprint density at radius 2 is 1.93 bits per heavy atom. The Balaban J connectivity index is 1.55. The van der Waals surface area contributed by atoms with E-state index in [1.54, 1.807) is 11.9 Å². The number of carbonyl (C=O) groups is 1. The third kappa shape index (κ3) is 4.47. The molecule has 2 aromatic heterocycles. The lowest BCUT2D eigenvalue weighted by atomic mass is 10.1. The van der Waals surface area contributed by atoms with E-state index in [1.165, 1.54) is 0 Å². The molecule has 0 radical (unpaired) electrons. The minimum atomic E-state index is -0.0837. The van der Waals surface area contributed by atoms with E-state index in [2.05, 4.69) is 56.2 Å². The first-order valence-corrected chi connectivity index (χ1v) is 9.85. The second-order valence-electron chi connectivity index (χ2n) is 6.93. The number of aryl methyl sites for hydroxylation is 1. The first kappa shape index (κ1) is 19.4. The number of hydrogen-bond acceptors (Lipinski definition) is 3. The van der Waals surface area contributed by atoms with Gasteiger partial charge in [0.2, 0.25) is 0 Å². The Kier molecular flexibility index (Phi) is 6.11. The number of H-pyrrole nitrogens is 2. The Hall–Kier alpha value is -2.41. The van der Waals surface area contributed by atoms with E-state index in [-0.39, 0.29) is 11.8 Å². The van der Waals surface area contributed by atoms with Gasteiger partial charge in [-0.1, -0.05) is 44.2 Å². The zero-order chi connectivity index (χ0) is 19.4. The summed E-state index contributed by atoms with van der Waals surface area (Å²) in [6.07, 6.45) is 1.67. The van der Waals surface area contributed by atoms with Crippen LogP contribution in [0.4, 0.5) is 0 Å². The van der Waals surface area contributed by atoms with E-state index in [9.17, 15) is 4.79 Å². The largest absolute Gasteiger partial charge is 0.340 e. The minimum Gasteiger partial charge on any atom is -0.340 e. The van der Waals surface area contributed by atoms with E-state index in [1.807, 2.05) is 30.3 Å². The highest BCUT2D eigenvalue weighted by Crippen LogP contribution is 2.26. The number of aromatic nitrogens is 4. The van der Waals surface area contributed by atoms with Crippen molar-refractivity contribution in [1.82, 2.24) is 25.3 Å². The molecule has 0 spiro atoms. The predicted octanol–water partition coefficient (Wildman–Crippen LogP) is 4.39. The molecule has 1 aromatic carbocycles. The van der Waals surface area contributed by atoms with Crippen LogP contribution in [0.2, 0.25) is 0 Å². The van der Waals surface area contributed by atoms with E-state index >= 15 is 0 Å². The van der Waals surface area contributed by atoms with Crippen LogP contribution in [0.5, 0.6) is 0 Å². The van der Waals surface area contributed by atoms with E-state index in [0.29, 0.717) is 12.2 Å². The molecule has 0 atom stereocenters. The van der Waals surface area contributed by atoms with Gasteiger partial charge in [-0.05, 0) is 40.8 Å². The van der Waals surface area contributed by atoms with Gasteiger partial charge in [-0.15, -0.1) is 0 Å². The summed E-state index contributed by atoms with van der Waals surface area (Å²) in [6, 6.07) is 12.1. The summed E-state index contributed by atoms with van der Waals surface area (Å²) in [5.74, 6) is 0.192. The summed E-state index contributed by atoms with van der Waals surface area (Å²) < 4.78 is 0.760. The third-order valence-electron chi connectivity index (χ3n) is 4.50. The molecule has 2 heterocycles. The van der Waals surface area contributed by atoms with Gasteiger partial charge in [0.15, 0.2) is 5.69 Å². The molecule has 0 bridgehead atoms. The summed E-state index contributed by atoms with van der Waals surface area (Å²) in [5.41, 5.74) is 4.48. The first-order chi connectivity index (χ1) is 13.0. The Morgan fingerprint density at radius 1 is 1.19 bits per heavy atom. The van der Waals surface area contributed by atoms with Gasteiger partial charge < -0.3 is 4.90 Å². The highest BCUT2D eigenvalue weighted by Gasteiger charge is 2.21. The topological polar surface area (TPSA) is 77.7 Å². The lowest BCUT2D eigenvalue weighted by Gasteiger charge is -2.15. The van der Waals surface area contributed by atoms with Crippen LogP contribution < -0.4 is 0 Å². The maximum atomic E-state index is 12.6. The van der Waals surface area contributed by atoms with Crippen LogP contribution in [0, 0.1) is 0 Å². The minimum absolute atomic E-state index is 0.0837. The van der Waals surface area contributed by atoms with Gasteiger partial charge in [-0.25, -0.2) is 0 Å². The quantitative estimate of drug-likeness (QED) is 0.584. The van der Waals surface area contributed by atoms with Crippen LogP contribution >= 0.6 is 15.9 Å². The Bertz CT molecular complexity index is 900. The molecular weight excluding hydrogens is 406 g/mol. The number of aromatic amines is 2. The summed E-state index contributed by atoms with van der Waals surface area (Å²) in [5, 5.41) is 14.6. The predicted molar refractivity (Wildman–Crippen MR) is 110 cm³/mol. The number of benzene rings is 1. The van der Waals surface area contributed by atoms with E-state index in [0.717, 1.165) is 40.0 Å². The second kappa shape index (κ2) is 8.52. The highest BCUT2D eigenvalue weighted by atomic mass is 79.9. The van der Waals surface area contributed by atoms with Crippen molar-refractivity contribution in [2.45, 2.75) is 32.6 Å². The van der Waals surface area contributed by atoms with Crippen molar-refractivity contribution in [3.63, 3.8) is 0 Å². The average Bonchev–Trinajstić information content (AvgIpc) is 3.28. The number of carbonyl (C=O) groups excluding carboxylic acids is 1. The Labute approximate surface area is 167 Å². The fourth-order valence-corrected chi connectivity index (χ4v) is 3.71. The lowest BCUT2D eigenvalue weighted by Crippen LogP contribution is -2.28. The Morgan fingerprint density at radius 3 is 2.59 bits per heavy atom. The van der Waals surface area contributed by atoms with Gasteiger partial charge in [0.1, 0.15) is 0 Å². The van der Waals surface area contributed by atoms with Gasteiger partial charge in [0, 0.05) is 24.8 Å². The van der Waals surface area contributed by atoms with Crippen LogP contribution in [0.15, 0.2) is 40.9 Å². The van der Waals surface area contributed by atoms with Gasteiger partial charge in [-0.2, -0.15) is 10.2 Å². The molecular formula is C20H24BrN5O. The molecule has 1 amide bonds. The van der Waals surface area contributed by atoms with Crippen molar-refractivity contribution in [2.24, 2.45) is 0 Å².